The van der Waals surface area contributed by atoms with Crippen molar-refractivity contribution >= 4 is 18.3 Å². The van der Waals surface area contributed by atoms with Crippen molar-refractivity contribution in [3.05, 3.63) is 0 Å². The van der Waals surface area contributed by atoms with E-state index in [9.17, 15) is 4.79 Å². The van der Waals surface area contributed by atoms with Gasteiger partial charge in [0.05, 0.1) is 0 Å². The van der Waals surface area contributed by atoms with E-state index < -0.39 is 24.2 Å². The van der Waals surface area contributed by atoms with Crippen molar-refractivity contribution in [3.63, 3.8) is 0 Å². The van der Waals surface area contributed by atoms with Crippen molar-refractivity contribution in [2.75, 3.05) is 0 Å². The van der Waals surface area contributed by atoms with Crippen molar-refractivity contribution in [1.82, 2.24) is 5.32 Å². The van der Waals surface area contributed by atoms with Gasteiger partial charge in [-0.25, -0.2) is 0 Å². The lowest BCUT2D eigenvalue weighted by Crippen LogP contribution is -2.27. The second-order valence-corrected chi connectivity index (χ2v) is 2.26. The molecular weight excluding hydrogens is 158 g/mol. The zero-order valence-corrected chi connectivity index (χ0v) is 6.26. The maximum absolute atomic E-state index is 10.5. The minimum Gasteiger partial charge on any atom is -0.383 e. The molecule has 3 atom stereocenters. The zero-order valence-electron chi connectivity index (χ0n) is 5.44. The molecule has 1 saturated heterocycles. The number of aliphatic hydroxyl groups is 2. The van der Waals surface area contributed by atoms with E-state index in [4.69, 9.17) is 10.2 Å². The van der Waals surface area contributed by atoms with Crippen LogP contribution in [0.3, 0.4) is 0 Å². The number of rotatable bonds is 0. The molecule has 0 aromatic rings. The molecule has 3 unspecified atom stereocenters. The molecule has 1 amide bonds. The largest absolute Gasteiger partial charge is 0.383 e. The third kappa shape index (κ3) is 1.39. The summed E-state index contributed by atoms with van der Waals surface area (Å²) < 4.78 is 0. The van der Waals surface area contributed by atoms with Crippen molar-refractivity contribution in [2.24, 2.45) is 5.92 Å². The molecule has 1 heterocycles. The number of halogens is 1. The third-order valence-corrected chi connectivity index (χ3v) is 1.55. The number of hydrogen-bond donors (Lipinski definition) is 3. The number of aliphatic hydroxyl groups excluding tert-OH is 2. The van der Waals surface area contributed by atoms with Crippen molar-refractivity contribution in [3.8, 4) is 0 Å². The number of hydrogen-bond acceptors (Lipinski definition) is 3. The Labute approximate surface area is 64.6 Å². The molecule has 0 bridgehead atoms. The summed E-state index contributed by atoms with van der Waals surface area (Å²) in [4.78, 5) is 10.5. The van der Waals surface area contributed by atoms with Crippen molar-refractivity contribution in [1.29, 1.82) is 0 Å². The number of nitrogens with one attached hydrogen (secondary N) is 1. The minimum atomic E-state index is -1.04. The summed E-state index contributed by atoms with van der Waals surface area (Å²) in [6, 6.07) is 0. The van der Waals surface area contributed by atoms with E-state index in [1.807, 2.05) is 0 Å². The Hall–Kier alpha value is -0.320. The maximum atomic E-state index is 10.5. The van der Waals surface area contributed by atoms with Gasteiger partial charge in [0.25, 0.3) is 5.91 Å². The van der Waals surface area contributed by atoms with Crippen LogP contribution in [0, 0.1) is 5.92 Å². The van der Waals surface area contributed by atoms with Gasteiger partial charge in [0.1, 0.15) is 12.3 Å². The predicted octanol–water partition coefficient (Wildman–Crippen LogP) is -1.15. The van der Waals surface area contributed by atoms with Crippen LogP contribution in [0.5, 0.6) is 0 Å². The molecule has 0 aromatic heterocycles. The fourth-order valence-corrected chi connectivity index (χ4v) is 0.774. The molecule has 4 nitrogen and oxygen atoms in total. The smallest absolute Gasteiger partial charge is 0.251 e. The van der Waals surface area contributed by atoms with Gasteiger partial charge in [-0.2, -0.15) is 0 Å². The molecule has 1 aliphatic heterocycles. The SMILES string of the molecule is CC1C(O)NC(=O)C1O.Cl. The number of carbonyl (C=O) groups is 1. The molecule has 1 rings (SSSR count). The van der Waals surface area contributed by atoms with Crippen LogP contribution in [0.2, 0.25) is 0 Å². The average molecular weight is 168 g/mol. The van der Waals surface area contributed by atoms with Crippen LogP contribution in [0.25, 0.3) is 0 Å². The van der Waals surface area contributed by atoms with Gasteiger partial charge in [-0.1, -0.05) is 6.92 Å². The summed E-state index contributed by atoms with van der Waals surface area (Å²) >= 11 is 0. The van der Waals surface area contributed by atoms with Crippen LogP contribution >= 0.6 is 12.4 Å². The fourth-order valence-electron chi connectivity index (χ4n) is 0.774. The Morgan fingerprint density at radius 2 is 2.00 bits per heavy atom. The molecule has 10 heavy (non-hydrogen) atoms. The highest BCUT2D eigenvalue weighted by Gasteiger charge is 2.36. The predicted molar refractivity (Wildman–Crippen MR) is 36.6 cm³/mol. The molecular formula is C5H10ClNO3. The molecule has 1 aliphatic rings. The highest BCUT2D eigenvalue weighted by atomic mass is 35.5. The Balaban J connectivity index is 0.000000810. The lowest BCUT2D eigenvalue weighted by Gasteiger charge is -2.06. The van der Waals surface area contributed by atoms with Crippen LogP contribution in [0.1, 0.15) is 6.92 Å². The van der Waals surface area contributed by atoms with Crippen molar-refractivity contribution < 1.29 is 15.0 Å². The molecule has 3 N–H and O–H groups in total. The monoisotopic (exact) mass is 167 g/mol. The van der Waals surface area contributed by atoms with Gasteiger partial charge >= 0.3 is 0 Å². The zero-order chi connectivity index (χ0) is 7.02. The van der Waals surface area contributed by atoms with Gasteiger partial charge in [-0.15, -0.1) is 12.4 Å². The Morgan fingerprint density at radius 1 is 1.50 bits per heavy atom. The molecule has 1 fully saturated rings. The Morgan fingerprint density at radius 3 is 2.10 bits per heavy atom. The highest BCUT2D eigenvalue weighted by molar-refractivity contribution is 5.85. The summed E-state index contributed by atoms with van der Waals surface area (Å²) in [5, 5.41) is 19.9. The van der Waals surface area contributed by atoms with Crippen LogP contribution in [-0.2, 0) is 4.79 Å². The van der Waals surface area contributed by atoms with E-state index in [-0.39, 0.29) is 12.4 Å². The Bertz CT molecular complexity index is 141. The van der Waals surface area contributed by atoms with Gasteiger partial charge in [0, 0.05) is 5.92 Å². The molecule has 0 spiro atoms. The number of carbonyl (C=O) groups excluding carboxylic acids is 1. The number of amides is 1. The van der Waals surface area contributed by atoms with Gasteiger partial charge in [0.15, 0.2) is 0 Å². The first-order valence-electron chi connectivity index (χ1n) is 2.79. The Kier molecular flexibility index (Phi) is 3.08. The molecule has 5 heteroatoms. The second kappa shape index (κ2) is 3.18. The first-order valence-corrected chi connectivity index (χ1v) is 2.79. The summed E-state index contributed by atoms with van der Waals surface area (Å²) in [6.45, 7) is 1.60. The third-order valence-electron chi connectivity index (χ3n) is 1.55. The quantitative estimate of drug-likeness (QED) is 0.427. The molecule has 0 saturated carbocycles. The van der Waals surface area contributed by atoms with Gasteiger partial charge in [0.2, 0.25) is 0 Å². The van der Waals surface area contributed by atoms with E-state index >= 15 is 0 Å². The van der Waals surface area contributed by atoms with Crippen LogP contribution in [0.4, 0.5) is 0 Å². The van der Waals surface area contributed by atoms with Crippen LogP contribution in [-0.4, -0.2) is 28.5 Å². The second-order valence-electron chi connectivity index (χ2n) is 2.26. The molecule has 60 valence electrons. The summed E-state index contributed by atoms with van der Waals surface area (Å²) in [5.74, 6) is -0.882. The highest BCUT2D eigenvalue weighted by Crippen LogP contribution is 2.13. The summed E-state index contributed by atoms with van der Waals surface area (Å²) in [7, 11) is 0. The molecule has 0 aromatic carbocycles. The van der Waals surface area contributed by atoms with E-state index in [2.05, 4.69) is 5.32 Å². The van der Waals surface area contributed by atoms with E-state index in [0.717, 1.165) is 0 Å². The summed E-state index contributed by atoms with van der Waals surface area (Å²) in [6.07, 6.45) is -1.92. The lowest BCUT2D eigenvalue weighted by atomic mass is 10.1. The lowest BCUT2D eigenvalue weighted by molar-refractivity contribution is -0.127. The first-order chi connectivity index (χ1) is 4.13. The van der Waals surface area contributed by atoms with E-state index in [1.54, 1.807) is 6.92 Å². The van der Waals surface area contributed by atoms with Gasteiger partial charge in [-0.3, -0.25) is 4.79 Å². The minimum absolute atomic E-state index is 0. The normalized spacial score (nSPS) is 38.7. The average Bonchev–Trinajstić information content (AvgIpc) is 1.98. The topological polar surface area (TPSA) is 69.6 Å². The fraction of sp³-hybridized carbons (Fsp3) is 0.800. The van der Waals surface area contributed by atoms with Crippen LogP contribution in [0.15, 0.2) is 0 Å². The van der Waals surface area contributed by atoms with Gasteiger partial charge in [-0.05, 0) is 0 Å². The summed E-state index contributed by atoms with van der Waals surface area (Å²) in [5.41, 5.74) is 0. The van der Waals surface area contributed by atoms with Gasteiger partial charge < -0.3 is 15.5 Å². The van der Waals surface area contributed by atoms with E-state index in [0.29, 0.717) is 0 Å². The standard InChI is InChI=1S/C5H9NO3.ClH/c1-2-3(7)5(9)6-4(2)8;/h2-4,7-8H,1H3,(H,6,9);1H. The van der Waals surface area contributed by atoms with Crippen LogP contribution < -0.4 is 5.32 Å². The maximum Gasteiger partial charge on any atom is 0.251 e. The molecule has 0 aliphatic carbocycles. The first kappa shape index (κ1) is 9.68. The molecule has 0 radical (unpaired) electrons. The van der Waals surface area contributed by atoms with E-state index in [1.165, 1.54) is 0 Å². The van der Waals surface area contributed by atoms with Crippen molar-refractivity contribution in [2.45, 2.75) is 19.3 Å².